The smallest absolute Gasteiger partial charge is 0.266 e. The molecule has 0 atom stereocenters. The Bertz CT molecular complexity index is 2120. The van der Waals surface area contributed by atoms with Gasteiger partial charge in [0.05, 0.1) is 11.0 Å². The lowest BCUT2D eigenvalue weighted by molar-refractivity contribution is 0.582. The average Bonchev–Trinajstić information content (AvgIpc) is 3.74. The number of rotatable bonds is 4. The summed E-state index contributed by atoms with van der Waals surface area (Å²) in [5, 5.41) is 12.2. The van der Waals surface area contributed by atoms with E-state index in [1.807, 2.05) is 59.9 Å². The maximum atomic E-state index is 6.01. The highest BCUT2D eigenvalue weighted by molar-refractivity contribution is 7.23. The standard InChI is InChI=1S/C33H20N4OS/c1-3-10-21(11-4-1)28-20-23-18-19-27-30(31(23)39-28)24-14-7-8-16-26(24)37(27)29-17-9-15-25(34-29)33-36-35-32(38-33)22-12-5-2-6-13-22/h1-20H. The van der Waals surface area contributed by atoms with Crippen molar-refractivity contribution in [2.24, 2.45) is 0 Å². The highest BCUT2D eigenvalue weighted by atomic mass is 32.1. The minimum atomic E-state index is 0.393. The van der Waals surface area contributed by atoms with E-state index in [1.165, 1.54) is 31.3 Å². The van der Waals surface area contributed by atoms with Crippen LogP contribution in [0.2, 0.25) is 0 Å². The van der Waals surface area contributed by atoms with Crippen LogP contribution in [-0.2, 0) is 0 Å². The van der Waals surface area contributed by atoms with Gasteiger partial charge in [-0.15, -0.1) is 21.5 Å². The fourth-order valence-electron chi connectivity index (χ4n) is 5.23. The van der Waals surface area contributed by atoms with Gasteiger partial charge in [-0.25, -0.2) is 4.98 Å². The summed E-state index contributed by atoms with van der Waals surface area (Å²) in [7, 11) is 0. The van der Waals surface area contributed by atoms with Crippen LogP contribution in [0.3, 0.4) is 0 Å². The highest BCUT2D eigenvalue weighted by Crippen LogP contribution is 2.42. The van der Waals surface area contributed by atoms with Crippen LogP contribution in [0.4, 0.5) is 0 Å². The molecule has 0 bridgehead atoms. The number of fused-ring (bicyclic) bond motifs is 5. The van der Waals surface area contributed by atoms with Crippen molar-refractivity contribution in [3.63, 3.8) is 0 Å². The molecule has 0 aliphatic heterocycles. The lowest BCUT2D eigenvalue weighted by Gasteiger charge is -2.07. The molecule has 0 saturated heterocycles. The molecule has 0 saturated carbocycles. The van der Waals surface area contributed by atoms with Crippen LogP contribution in [-0.4, -0.2) is 19.7 Å². The van der Waals surface area contributed by atoms with E-state index in [0.717, 1.165) is 22.4 Å². The second-order valence-corrected chi connectivity index (χ2v) is 10.4. The lowest BCUT2D eigenvalue weighted by atomic mass is 10.1. The summed E-state index contributed by atoms with van der Waals surface area (Å²) in [6, 6.07) is 41.5. The summed E-state index contributed by atoms with van der Waals surface area (Å²) in [6.45, 7) is 0. The van der Waals surface area contributed by atoms with Crippen molar-refractivity contribution in [3.8, 4) is 39.3 Å². The number of para-hydroxylation sites is 1. The zero-order chi connectivity index (χ0) is 25.8. The third-order valence-electron chi connectivity index (χ3n) is 7.01. The van der Waals surface area contributed by atoms with E-state index in [9.17, 15) is 0 Å². The zero-order valence-electron chi connectivity index (χ0n) is 20.7. The van der Waals surface area contributed by atoms with Crippen LogP contribution in [0.15, 0.2) is 126 Å². The van der Waals surface area contributed by atoms with Crippen molar-refractivity contribution >= 4 is 43.2 Å². The number of nitrogens with zero attached hydrogens (tertiary/aromatic N) is 4. The predicted molar refractivity (Wildman–Crippen MR) is 158 cm³/mol. The topological polar surface area (TPSA) is 56.7 Å². The number of aromatic nitrogens is 4. The Hall–Kier alpha value is -5.07. The minimum absolute atomic E-state index is 0.393. The zero-order valence-corrected chi connectivity index (χ0v) is 21.5. The van der Waals surface area contributed by atoms with Gasteiger partial charge in [-0.2, -0.15) is 0 Å². The van der Waals surface area contributed by atoms with Crippen LogP contribution in [0.25, 0.3) is 71.2 Å². The lowest BCUT2D eigenvalue weighted by Crippen LogP contribution is -1.98. The number of hydrogen-bond acceptors (Lipinski definition) is 5. The molecular weight excluding hydrogens is 500 g/mol. The molecule has 0 unspecified atom stereocenters. The normalized spacial score (nSPS) is 11.6. The Morgan fingerprint density at radius 1 is 0.615 bits per heavy atom. The molecule has 0 spiro atoms. The molecule has 4 aromatic heterocycles. The van der Waals surface area contributed by atoms with Gasteiger partial charge in [-0.1, -0.05) is 78.9 Å². The Labute approximate surface area is 227 Å². The van der Waals surface area contributed by atoms with E-state index in [-0.39, 0.29) is 0 Å². The summed E-state index contributed by atoms with van der Waals surface area (Å²) >= 11 is 1.84. The Kier molecular flexibility index (Phi) is 4.93. The Morgan fingerprint density at radius 2 is 1.36 bits per heavy atom. The van der Waals surface area contributed by atoms with Crippen LogP contribution < -0.4 is 0 Å². The quantitative estimate of drug-likeness (QED) is 0.233. The maximum absolute atomic E-state index is 6.01. The molecule has 8 rings (SSSR count). The third-order valence-corrected chi connectivity index (χ3v) is 8.22. The summed E-state index contributed by atoms with van der Waals surface area (Å²) in [5.41, 5.74) is 4.97. The molecule has 4 heterocycles. The van der Waals surface area contributed by atoms with E-state index in [0.29, 0.717) is 17.5 Å². The SMILES string of the molecule is c1ccc(-c2nnc(-c3cccc(-n4c5ccccc5c5c6sc(-c7ccccc7)cc6ccc54)n3)o2)cc1. The maximum Gasteiger partial charge on any atom is 0.266 e. The molecule has 0 aliphatic rings. The molecule has 6 heteroatoms. The summed E-state index contributed by atoms with van der Waals surface area (Å²) in [6.07, 6.45) is 0. The van der Waals surface area contributed by atoms with E-state index in [4.69, 9.17) is 9.40 Å². The second kappa shape index (κ2) is 8.75. The first kappa shape index (κ1) is 22.0. The van der Waals surface area contributed by atoms with E-state index in [1.54, 1.807) is 0 Å². The minimum Gasteiger partial charge on any atom is -0.415 e. The van der Waals surface area contributed by atoms with Gasteiger partial charge >= 0.3 is 0 Å². The first-order chi connectivity index (χ1) is 19.3. The summed E-state index contributed by atoms with van der Waals surface area (Å²) in [5.74, 6) is 1.67. The molecule has 5 nitrogen and oxygen atoms in total. The Morgan fingerprint density at radius 3 is 2.21 bits per heavy atom. The van der Waals surface area contributed by atoms with Crippen molar-refractivity contribution in [2.45, 2.75) is 0 Å². The fourth-order valence-corrected chi connectivity index (χ4v) is 6.45. The molecule has 8 aromatic rings. The van der Waals surface area contributed by atoms with Gasteiger partial charge in [0.2, 0.25) is 5.89 Å². The van der Waals surface area contributed by atoms with Gasteiger partial charge in [0.15, 0.2) is 0 Å². The molecule has 0 fully saturated rings. The fraction of sp³-hybridized carbons (Fsp3) is 0. The van der Waals surface area contributed by atoms with Gasteiger partial charge in [0.25, 0.3) is 5.89 Å². The van der Waals surface area contributed by atoms with Crippen molar-refractivity contribution in [3.05, 3.63) is 121 Å². The molecule has 0 amide bonds. The van der Waals surface area contributed by atoms with Gasteiger partial charge in [-0.05, 0) is 53.4 Å². The summed E-state index contributed by atoms with van der Waals surface area (Å²) in [4.78, 5) is 6.26. The Balaban J connectivity index is 1.31. The van der Waals surface area contributed by atoms with E-state index in [2.05, 4.69) is 87.6 Å². The molecular formula is C33H20N4OS. The number of pyridine rings is 1. The number of hydrogen-bond donors (Lipinski definition) is 0. The van der Waals surface area contributed by atoms with E-state index >= 15 is 0 Å². The number of thiophene rings is 1. The van der Waals surface area contributed by atoms with Gasteiger partial charge in [-0.3, -0.25) is 4.57 Å². The number of benzene rings is 4. The van der Waals surface area contributed by atoms with Crippen molar-refractivity contribution in [1.29, 1.82) is 0 Å². The molecule has 0 aliphatic carbocycles. The average molecular weight is 521 g/mol. The second-order valence-electron chi connectivity index (χ2n) is 9.37. The molecule has 4 aromatic carbocycles. The van der Waals surface area contributed by atoms with E-state index < -0.39 is 0 Å². The monoisotopic (exact) mass is 520 g/mol. The molecule has 0 radical (unpaired) electrons. The van der Waals surface area contributed by atoms with Gasteiger partial charge in [0, 0.05) is 25.9 Å². The van der Waals surface area contributed by atoms with Gasteiger partial charge in [0.1, 0.15) is 11.5 Å². The third kappa shape index (κ3) is 3.57. The molecule has 0 N–H and O–H groups in total. The van der Waals surface area contributed by atoms with Crippen molar-refractivity contribution < 1.29 is 4.42 Å². The van der Waals surface area contributed by atoms with Crippen LogP contribution in [0.1, 0.15) is 0 Å². The largest absolute Gasteiger partial charge is 0.415 e. The van der Waals surface area contributed by atoms with Crippen LogP contribution in [0.5, 0.6) is 0 Å². The highest BCUT2D eigenvalue weighted by Gasteiger charge is 2.18. The van der Waals surface area contributed by atoms with Crippen molar-refractivity contribution in [2.75, 3.05) is 0 Å². The predicted octanol–water partition coefficient (Wildman–Crippen LogP) is 8.78. The molecule has 184 valence electrons. The first-order valence-electron chi connectivity index (χ1n) is 12.7. The first-order valence-corrected chi connectivity index (χ1v) is 13.5. The molecule has 39 heavy (non-hydrogen) atoms. The van der Waals surface area contributed by atoms with Crippen LogP contribution >= 0.6 is 11.3 Å². The van der Waals surface area contributed by atoms with Crippen molar-refractivity contribution in [1.82, 2.24) is 19.7 Å². The summed E-state index contributed by atoms with van der Waals surface area (Å²) < 4.78 is 9.52. The van der Waals surface area contributed by atoms with Crippen LogP contribution in [0, 0.1) is 0 Å². The van der Waals surface area contributed by atoms with Gasteiger partial charge < -0.3 is 4.42 Å².